The molecule has 0 spiro atoms. The molecule has 0 aliphatic heterocycles. The fourth-order valence-corrected chi connectivity index (χ4v) is 4.82. The molecule has 5 nitrogen and oxygen atoms in total. The van der Waals surface area contributed by atoms with Crippen molar-refractivity contribution in [2.45, 2.75) is 6.92 Å². The minimum absolute atomic E-state index is 0.309. The van der Waals surface area contributed by atoms with Crippen LogP contribution >= 0.6 is 0 Å². The molecule has 0 bridgehead atoms. The Labute approximate surface area is 173 Å². The molecular weight excluding hydrogens is 390 g/mol. The second kappa shape index (κ2) is 5.67. The molecule has 0 amide bonds. The number of hydrogen-bond acceptors (Lipinski definition) is 5. The minimum Gasteiger partial charge on any atom is -0.423 e. The maximum Gasteiger partial charge on any atom is 0.345 e. The van der Waals surface area contributed by atoms with E-state index in [0.717, 1.165) is 53.7 Å². The van der Waals surface area contributed by atoms with E-state index >= 15 is 0 Å². The van der Waals surface area contributed by atoms with Crippen molar-refractivity contribution in [1.82, 2.24) is 4.98 Å². The smallest absolute Gasteiger partial charge is 0.345 e. The average Bonchev–Trinajstić information content (AvgIpc) is 2.75. The number of hydrogen-bond donors (Lipinski definition) is 0. The van der Waals surface area contributed by atoms with Gasteiger partial charge in [0.1, 0.15) is 10.8 Å². The van der Waals surface area contributed by atoms with Crippen molar-refractivity contribution < 1.29 is 8.83 Å². The summed E-state index contributed by atoms with van der Waals surface area (Å²) in [5.74, 6) is 0. The quantitative estimate of drug-likeness (QED) is 0.286. The standard InChI is InChI=1S/C26H15NO4/c1-5-14-12(3)30-25(28)18-9-8-17-20(21(14)18)11(2)15-6-7-16-13(4)31-26(29)19-10-27-24(17)23(15)22(16)19/h5-10H,2-4H2,1H3/b14-5-. The van der Waals surface area contributed by atoms with Gasteiger partial charge in [-0.15, -0.1) is 0 Å². The molecular formula is C26H15NO4. The number of rotatable bonds is 0. The van der Waals surface area contributed by atoms with Crippen LogP contribution in [-0.2, 0) is 0 Å². The second-order valence-electron chi connectivity index (χ2n) is 7.65. The normalized spacial score (nSPS) is 12.9. The van der Waals surface area contributed by atoms with Crippen LogP contribution in [0.5, 0.6) is 0 Å². The van der Waals surface area contributed by atoms with E-state index in [1.165, 1.54) is 0 Å². The summed E-state index contributed by atoms with van der Waals surface area (Å²) in [5.41, 5.74) is 0.445. The summed E-state index contributed by atoms with van der Waals surface area (Å²) >= 11 is 0. The van der Waals surface area contributed by atoms with Crippen LogP contribution in [0.3, 0.4) is 0 Å². The summed E-state index contributed by atoms with van der Waals surface area (Å²) < 4.78 is 10.6. The van der Waals surface area contributed by atoms with Gasteiger partial charge in [0.25, 0.3) is 0 Å². The van der Waals surface area contributed by atoms with E-state index in [1.807, 2.05) is 31.2 Å². The van der Waals surface area contributed by atoms with E-state index in [9.17, 15) is 9.59 Å². The molecule has 0 N–H and O–H groups in total. The maximum atomic E-state index is 12.6. The zero-order valence-electron chi connectivity index (χ0n) is 16.7. The van der Waals surface area contributed by atoms with Crippen LogP contribution in [-0.4, -0.2) is 4.98 Å². The van der Waals surface area contributed by atoms with Gasteiger partial charge in [0.2, 0.25) is 0 Å². The Hall–Kier alpha value is -4.25. The highest BCUT2D eigenvalue weighted by molar-refractivity contribution is 6.29. The third-order valence-electron chi connectivity index (χ3n) is 6.15. The Morgan fingerprint density at radius 2 is 1.39 bits per heavy atom. The van der Waals surface area contributed by atoms with Crippen LogP contribution in [0.1, 0.15) is 6.92 Å². The van der Waals surface area contributed by atoms with Gasteiger partial charge in [0, 0.05) is 38.3 Å². The van der Waals surface area contributed by atoms with Crippen molar-refractivity contribution in [2.24, 2.45) is 0 Å². The highest BCUT2D eigenvalue weighted by atomic mass is 16.4. The first-order valence-electron chi connectivity index (χ1n) is 9.74. The van der Waals surface area contributed by atoms with Gasteiger partial charge in [-0.1, -0.05) is 37.9 Å². The van der Waals surface area contributed by atoms with Gasteiger partial charge in [0.05, 0.1) is 16.3 Å². The zero-order chi connectivity index (χ0) is 21.6. The Balaban J connectivity index is 2.09. The molecule has 3 aromatic carbocycles. The third-order valence-corrected chi connectivity index (χ3v) is 6.15. The molecule has 31 heavy (non-hydrogen) atoms. The Bertz CT molecular complexity index is 2070. The predicted molar refractivity (Wildman–Crippen MR) is 125 cm³/mol. The topological polar surface area (TPSA) is 73.3 Å². The molecule has 0 saturated heterocycles. The number of benzene rings is 3. The fraction of sp³-hybridized carbons (Fsp3) is 0.0385. The molecule has 0 aliphatic carbocycles. The Morgan fingerprint density at radius 3 is 2.16 bits per heavy atom. The average molecular weight is 405 g/mol. The Morgan fingerprint density at radius 1 is 0.742 bits per heavy atom. The van der Waals surface area contributed by atoms with E-state index in [1.54, 1.807) is 12.3 Å². The first-order valence-corrected chi connectivity index (χ1v) is 9.74. The zero-order valence-corrected chi connectivity index (χ0v) is 16.7. The van der Waals surface area contributed by atoms with Gasteiger partial charge >= 0.3 is 11.3 Å². The van der Waals surface area contributed by atoms with E-state index in [2.05, 4.69) is 24.7 Å². The Kier molecular flexibility index (Phi) is 3.22. The number of fused-ring (bicyclic) bond motifs is 4. The summed E-state index contributed by atoms with van der Waals surface area (Å²) in [7, 11) is 0. The molecule has 0 radical (unpaired) electrons. The van der Waals surface area contributed by atoms with Crippen molar-refractivity contribution in [3.05, 3.63) is 72.6 Å². The second-order valence-corrected chi connectivity index (χ2v) is 7.65. The fourth-order valence-electron chi connectivity index (χ4n) is 4.82. The lowest BCUT2D eigenvalue weighted by molar-refractivity contribution is 0.484. The van der Waals surface area contributed by atoms with Gasteiger partial charge in [-0.25, -0.2) is 9.59 Å². The largest absolute Gasteiger partial charge is 0.423 e. The SMILES string of the molecule is C=c1oc(=O)c2ccc3c4ncc5c(=O)oc(=C)c6ccc(c(=C)c3c2/c1=C\C)c4c65. The van der Waals surface area contributed by atoms with Crippen molar-refractivity contribution in [3.8, 4) is 0 Å². The van der Waals surface area contributed by atoms with Crippen LogP contribution in [0.2, 0.25) is 0 Å². The molecule has 148 valence electrons. The van der Waals surface area contributed by atoms with Gasteiger partial charge in [-0.05, 0) is 35.0 Å². The summed E-state index contributed by atoms with van der Waals surface area (Å²) in [6, 6.07) is 7.43. The number of nitrogens with zero attached hydrogens (tertiary/aromatic N) is 1. The van der Waals surface area contributed by atoms with Crippen molar-refractivity contribution in [1.29, 1.82) is 0 Å². The van der Waals surface area contributed by atoms with Gasteiger partial charge in [-0.3, -0.25) is 4.98 Å². The lowest BCUT2D eigenvalue weighted by Crippen LogP contribution is -2.29. The van der Waals surface area contributed by atoms with E-state index in [4.69, 9.17) is 8.83 Å². The van der Waals surface area contributed by atoms with E-state index in [0.29, 0.717) is 21.6 Å². The molecule has 3 aromatic heterocycles. The van der Waals surface area contributed by atoms with Crippen molar-refractivity contribution in [2.75, 3.05) is 0 Å². The van der Waals surface area contributed by atoms with E-state index < -0.39 is 11.3 Å². The molecule has 3 heterocycles. The maximum absolute atomic E-state index is 12.6. The van der Waals surface area contributed by atoms with E-state index in [-0.39, 0.29) is 0 Å². The third kappa shape index (κ3) is 2.02. The summed E-state index contributed by atoms with van der Waals surface area (Å²) in [4.78, 5) is 29.7. The number of aromatic nitrogens is 1. The van der Waals surface area contributed by atoms with Crippen LogP contribution in [0.15, 0.2) is 48.9 Å². The first-order chi connectivity index (χ1) is 14.9. The van der Waals surface area contributed by atoms with Crippen LogP contribution in [0.25, 0.3) is 79.8 Å². The van der Waals surface area contributed by atoms with Gasteiger partial charge in [0.15, 0.2) is 0 Å². The lowest BCUT2D eigenvalue weighted by Gasteiger charge is -2.14. The van der Waals surface area contributed by atoms with Crippen molar-refractivity contribution in [3.63, 3.8) is 0 Å². The van der Waals surface area contributed by atoms with Crippen LogP contribution < -0.4 is 32.5 Å². The molecule has 5 heteroatoms. The first kappa shape index (κ1) is 17.6. The summed E-state index contributed by atoms with van der Waals surface area (Å²) in [5, 5.41) is 7.99. The lowest BCUT2D eigenvalue weighted by atomic mass is 9.91. The molecule has 0 saturated carbocycles. The minimum atomic E-state index is -0.467. The predicted octanol–water partition coefficient (Wildman–Crippen LogP) is 2.22. The monoisotopic (exact) mass is 405 g/mol. The van der Waals surface area contributed by atoms with Crippen LogP contribution in [0, 0.1) is 0 Å². The van der Waals surface area contributed by atoms with Crippen LogP contribution in [0.4, 0.5) is 0 Å². The highest BCUT2D eigenvalue weighted by Gasteiger charge is 2.18. The summed E-state index contributed by atoms with van der Waals surface area (Å²) in [6.07, 6.45) is 3.42. The summed E-state index contributed by atoms with van der Waals surface area (Å²) in [6.45, 7) is 14.1. The molecule has 0 aliphatic rings. The molecule has 6 rings (SSSR count). The van der Waals surface area contributed by atoms with Gasteiger partial charge < -0.3 is 8.83 Å². The number of pyridine rings is 1. The highest BCUT2D eigenvalue weighted by Crippen LogP contribution is 2.34. The molecule has 0 fully saturated rings. The van der Waals surface area contributed by atoms with Gasteiger partial charge in [-0.2, -0.15) is 0 Å². The molecule has 0 unspecified atom stereocenters. The molecule has 6 aromatic rings. The molecule has 0 atom stereocenters. The van der Waals surface area contributed by atoms with Crippen molar-refractivity contribution >= 4 is 79.8 Å².